The van der Waals surface area contributed by atoms with Crippen molar-refractivity contribution < 1.29 is 4.79 Å². The average Bonchev–Trinajstić information content (AvgIpc) is 3.27. The van der Waals surface area contributed by atoms with E-state index in [4.69, 9.17) is 28.2 Å². The molecule has 2 aromatic heterocycles. The Morgan fingerprint density at radius 3 is 2.83 bits per heavy atom. The first-order valence-electron chi connectivity index (χ1n) is 7.73. The second kappa shape index (κ2) is 6.06. The summed E-state index contributed by atoms with van der Waals surface area (Å²) in [6.45, 7) is 0.722. The van der Waals surface area contributed by atoms with Crippen molar-refractivity contribution in [2.45, 2.75) is 18.9 Å². The molecule has 0 aliphatic carbocycles. The van der Waals surface area contributed by atoms with Gasteiger partial charge in [-0.1, -0.05) is 35.3 Å². The van der Waals surface area contributed by atoms with E-state index in [0.717, 1.165) is 34.6 Å². The molecule has 1 aromatic carbocycles. The Morgan fingerprint density at radius 1 is 1.33 bits per heavy atom. The number of hydrogen-bond donors (Lipinski definition) is 0. The Bertz CT molecular complexity index is 900. The van der Waals surface area contributed by atoms with Gasteiger partial charge in [-0.2, -0.15) is 0 Å². The fraction of sp³-hybridized carbons (Fsp3) is 0.294. The normalized spacial score (nSPS) is 17.8. The van der Waals surface area contributed by atoms with Gasteiger partial charge in [-0.25, -0.2) is 4.98 Å². The number of nitrogens with zero attached hydrogens (tertiary/aromatic N) is 3. The lowest BCUT2D eigenvalue weighted by molar-refractivity contribution is 0.0726. The van der Waals surface area contributed by atoms with Gasteiger partial charge >= 0.3 is 0 Å². The van der Waals surface area contributed by atoms with Crippen molar-refractivity contribution in [3.8, 4) is 0 Å². The second-order valence-corrected chi connectivity index (χ2v) is 7.73. The lowest BCUT2D eigenvalue weighted by Gasteiger charge is -2.23. The first kappa shape index (κ1) is 15.9. The van der Waals surface area contributed by atoms with Gasteiger partial charge in [0, 0.05) is 13.6 Å². The summed E-state index contributed by atoms with van der Waals surface area (Å²) in [4.78, 5) is 19.6. The standard InChI is InChI=1S/C17H15Cl2N3OS/c1-21-13(9-10(18)15(21)19)17(23)22-8-4-6-12(22)16-20-11-5-2-3-7-14(11)24-16/h2-3,5,7,9,12H,4,6,8H2,1H3/t12-/m0/s1. The summed E-state index contributed by atoms with van der Waals surface area (Å²) in [5.41, 5.74) is 1.50. The fourth-order valence-corrected chi connectivity index (χ4v) is 4.68. The molecule has 0 N–H and O–H groups in total. The zero-order valence-electron chi connectivity index (χ0n) is 13.0. The molecule has 1 aliphatic rings. The first-order chi connectivity index (χ1) is 11.6. The lowest BCUT2D eigenvalue weighted by atomic mass is 10.2. The van der Waals surface area contributed by atoms with Crippen LogP contribution in [-0.2, 0) is 7.05 Å². The van der Waals surface area contributed by atoms with Gasteiger partial charge < -0.3 is 9.47 Å². The summed E-state index contributed by atoms with van der Waals surface area (Å²) in [6, 6.07) is 9.72. The molecule has 4 nitrogen and oxygen atoms in total. The molecule has 1 atom stereocenters. The van der Waals surface area contributed by atoms with Crippen LogP contribution in [0.4, 0.5) is 0 Å². The van der Waals surface area contributed by atoms with Crippen LogP contribution in [0.15, 0.2) is 30.3 Å². The van der Waals surface area contributed by atoms with Gasteiger partial charge in [0.1, 0.15) is 15.9 Å². The third kappa shape index (κ3) is 2.51. The van der Waals surface area contributed by atoms with Crippen LogP contribution in [0.3, 0.4) is 0 Å². The maximum Gasteiger partial charge on any atom is 0.271 e. The van der Waals surface area contributed by atoms with Gasteiger partial charge in [-0.15, -0.1) is 11.3 Å². The van der Waals surface area contributed by atoms with Crippen molar-refractivity contribution in [1.82, 2.24) is 14.5 Å². The molecule has 1 fully saturated rings. The Hall–Kier alpha value is -1.56. The second-order valence-electron chi connectivity index (χ2n) is 5.90. The molecular weight excluding hydrogens is 365 g/mol. The summed E-state index contributed by atoms with van der Waals surface area (Å²) in [6.07, 6.45) is 1.90. The molecule has 1 saturated heterocycles. The number of rotatable bonds is 2. The van der Waals surface area contributed by atoms with Crippen LogP contribution in [0.25, 0.3) is 10.2 Å². The fourth-order valence-electron chi connectivity index (χ4n) is 3.19. The molecule has 124 valence electrons. The minimum absolute atomic E-state index is 0.0161. The average molecular weight is 380 g/mol. The van der Waals surface area contributed by atoms with E-state index < -0.39 is 0 Å². The summed E-state index contributed by atoms with van der Waals surface area (Å²) in [5, 5.41) is 1.78. The number of likely N-dealkylation sites (tertiary alicyclic amines) is 1. The van der Waals surface area contributed by atoms with Gasteiger partial charge in [0.25, 0.3) is 5.91 Å². The van der Waals surface area contributed by atoms with Crippen LogP contribution in [0.1, 0.15) is 34.4 Å². The van der Waals surface area contributed by atoms with Crippen molar-refractivity contribution in [1.29, 1.82) is 0 Å². The van der Waals surface area contributed by atoms with Crippen molar-refractivity contribution >= 4 is 50.7 Å². The number of carbonyl (C=O) groups is 1. The van der Waals surface area contributed by atoms with E-state index in [9.17, 15) is 4.79 Å². The highest BCUT2D eigenvalue weighted by molar-refractivity contribution is 7.18. The van der Waals surface area contributed by atoms with Crippen molar-refractivity contribution in [3.63, 3.8) is 0 Å². The minimum Gasteiger partial charge on any atom is -0.329 e. The molecule has 4 rings (SSSR count). The van der Waals surface area contributed by atoms with Crippen LogP contribution in [0.2, 0.25) is 10.2 Å². The van der Waals surface area contributed by atoms with E-state index in [2.05, 4.69) is 6.07 Å². The van der Waals surface area contributed by atoms with E-state index in [1.54, 1.807) is 29.0 Å². The van der Waals surface area contributed by atoms with Crippen molar-refractivity contribution in [3.05, 3.63) is 51.2 Å². The van der Waals surface area contributed by atoms with E-state index >= 15 is 0 Å². The van der Waals surface area contributed by atoms with Crippen LogP contribution in [0.5, 0.6) is 0 Å². The smallest absolute Gasteiger partial charge is 0.271 e. The molecule has 0 radical (unpaired) electrons. The van der Waals surface area contributed by atoms with Crippen molar-refractivity contribution in [2.75, 3.05) is 6.54 Å². The third-order valence-electron chi connectivity index (χ3n) is 4.44. The number of benzene rings is 1. The van der Waals surface area contributed by atoms with Crippen LogP contribution < -0.4 is 0 Å². The number of hydrogen-bond acceptors (Lipinski definition) is 3. The minimum atomic E-state index is -0.0481. The summed E-state index contributed by atoms with van der Waals surface area (Å²) < 4.78 is 2.79. The predicted molar refractivity (Wildman–Crippen MR) is 98.1 cm³/mol. The molecule has 0 bridgehead atoms. The highest BCUT2D eigenvalue weighted by atomic mass is 35.5. The quantitative estimate of drug-likeness (QED) is 0.633. The number of para-hydroxylation sites is 1. The van der Waals surface area contributed by atoms with Gasteiger partial charge in [-0.3, -0.25) is 4.79 Å². The van der Waals surface area contributed by atoms with E-state index in [0.29, 0.717) is 15.9 Å². The Balaban J connectivity index is 1.69. The molecule has 1 aliphatic heterocycles. The highest BCUT2D eigenvalue weighted by Crippen LogP contribution is 2.38. The molecule has 0 unspecified atom stereocenters. The van der Waals surface area contributed by atoms with Crippen LogP contribution >= 0.6 is 34.5 Å². The van der Waals surface area contributed by atoms with E-state index in [1.807, 2.05) is 23.1 Å². The molecule has 7 heteroatoms. The number of halogens is 2. The summed E-state index contributed by atoms with van der Waals surface area (Å²) >= 11 is 13.8. The van der Waals surface area contributed by atoms with Gasteiger partial charge in [0.2, 0.25) is 0 Å². The maximum absolute atomic E-state index is 13.0. The molecule has 1 amide bonds. The predicted octanol–water partition coefficient (Wildman–Crippen LogP) is 4.92. The van der Waals surface area contributed by atoms with Crippen LogP contribution in [0, 0.1) is 0 Å². The molecule has 3 heterocycles. The number of fused-ring (bicyclic) bond motifs is 1. The van der Waals surface area contributed by atoms with E-state index in [-0.39, 0.29) is 11.9 Å². The molecule has 0 spiro atoms. The number of thiazole rings is 1. The number of carbonyl (C=O) groups excluding carboxylic acids is 1. The SMILES string of the molecule is Cn1c(C(=O)N2CCC[C@H]2c2nc3ccccc3s2)cc(Cl)c1Cl. The van der Waals surface area contributed by atoms with Crippen LogP contribution in [-0.4, -0.2) is 26.9 Å². The summed E-state index contributed by atoms with van der Waals surface area (Å²) in [7, 11) is 1.75. The topological polar surface area (TPSA) is 38.1 Å². The third-order valence-corrected chi connectivity index (χ3v) is 6.42. The first-order valence-corrected chi connectivity index (χ1v) is 9.30. The number of amides is 1. The van der Waals surface area contributed by atoms with Gasteiger partial charge in [-0.05, 0) is 31.0 Å². The molecule has 24 heavy (non-hydrogen) atoms. The highest BCUT2D eigenvalue weighted by Gasteiger charge is 2.34. The zero-order valence-corrected chi connectivity index (χ0v) is 15.3. The van der Waals surface area contributed by atoms with Crippen molar-refractivity contribution in [2.24, 2.45) is 7.05 Å². The maximum atomic E-state index is 13.0. The van der Waals surface area contributed by atoms with Gasteiger partial charge in [0.05, 0.1) is 21.3 Å². The Labute approximate surface area is 153 Å². The summed E-state index contributed by atoms with van der Waals surface area (Å²) in [5.74, 6) is -0.0481. The molecule has 3 aromatic rings. The largest absolute Gasteiger partial charge is 0.329 e. The Morgan fingerprint density at radius 2 is 2.12 bits per heavy atom. The molecular formula is C17H15Cl2N3OS. The number of aromatic nitrogens is 2. The zero-order chi connectivity index (χ0) is 16.8. The van der Waals surface area contributed by atoms with Gasteiger partial charge in [0.15, 0.2) is 0 Å². The lowest BCUT2D eigenvalue weighted by Crippen LogP contribution is -2.31. The Kier molecular flexibility index (Phi) is 4.03. The molecule has 0 saturated carbocycles. The van der Waals surface area contributed by atoms with E-state index in [1.165, 1.54) is 0 Å². The monoisotopic (exact) mass is 379 g/mol.